The van der Waals surface area contributed by atoms with Crippen LogP contribution in [-0.2, 0) is 5.41 Å². The van der Waals surface area contributed by atoms with Crippen LogP contribution in [0.1, 0.15) is 54.4 Å². The van der Waals surface area contributed by atoms with Gasteiger partial charge in [0, 0.05) is 16.3 Å². The zero-order valence-corrected chi connectivity index (χ0v) is 15.6. The molecule has 0 saturated heterocycles. The van der Waals surface area contributed by atoms with Gasteiger partial charge in [-0.3, -0.25) is 4.79 Å². The van der Waals surface area contributed by atoms with Crippen LogP contribution in [0.5, 0.6) is 0 Å². The number of carbonyl (C=O) groups excluding carboxylic acids is 1. The van der Waals surface area contributed by atoms with E-state index in [4.69, 9.17) is 11.6 Å². The third-order valence-electron chi connectivity index (χ3n) is 6.90. The summed E-state index contributed by atoms with van der Waals surface area (Å²) in [5.41, 5.74) is 3.38. The van der Waals surface area contributed by atoms with Gasteiger partial charge in [0.1, 0.15) is 0 Å². The highest BCUT2D eigenvalue weighted by molar-refractivity contribution is 6.30. The lowest BCUT2D eigenvalue weighted by Gasteiger charge is -2.57. The summed E-state index contributed by atoms with van der Waals surface area (Å²) in [7, 11) is 0. The van der Waals surface area contributed by atoms with E-state index in [2.05, 4.69) is 29.6 Å². The number of hydrogen-bond donors (Lipinski definition) is 1. The number of rotatable bonds is 3. The summed E-state index contributed by atoms with van der Waals surface area (Å²) in [6.45, 7) is 0. The van der Waals surface area contributed by atoms with Crippen LogP contribution in [0.4, 0.5) is 5.69 Å². The van der Waals surface area contributed by atoms with E-state index in [1.54, 1.807) is 24.3 Å². The summed E-state index contributed by atoms with van der Waals surface area (Å²) in [6, 6.07) is 15.6. The van der Waals surface area contributed by atoms with Crippen molar-refractivity contribution < 1.29 is 4.79 Å². The predicted molar refractivity (Wildman–Crippen MR) is 106 cm³/mol. The molecule has 6 rings (SSSR count). The SMILES string of the molecule is O=C(Nc1ccc(C23CC4CC(CC(C4)C2)C3)cc1)c1ccc(Cl)cc1. The number of halogens is 1. The van der Waals surface area contributed by atoms with Crippen LogP contribution in [0.3, 0.4) is 0 Å². The van der Waals surface area contributed by atoms with E-state index in [1.807, 2.05) is 0 Å². The Bertz CT molecular complexity index is 789. The quantitative estimate of drug-likeness (QED) is 0.703. The fourth-order valence-corrected chi connectivity index (χ4v) is 6.30. The van der Waals surface area contributed by atoms with Crippen LogP contribution in [0.2, 0.25) is 5.02 Å². The van der Waals surface area contributed by atoms with Crippen molar-refractivity contribution in [2.24, 2.45) is 17.8 Å². The molecule has 0 radical (unpaired) electrons. The fourth-order valence-electron chi connectivity index (χ4n) is 6.18. The predicted octanol–water partition coefficient (Wildman–Crippen LogP) is 6.06. The Kier molecular flexibility index (Phi) is 3.86. The summed E-state index contributed by atoms with van der Waals surface area (Å²) in [6.07, 6.45) is 8.51. The number of anilines is 1. The lowest BCUT2D eigenvalue weighted by atomic mass is 9.48. The first-order valence-corrected chi connectivity index (χ1v) is 10.1. The number of benzene rings is 2. The third-order valence-corrected chi connectivity index (χ3v) is 7.15. The van der Waals surface area contributed by atoms with Crippen LogP contribution >= 0.6 is 11.6 Å². The van der Waals surface area contributed by atoms with Crippen LogP contribution in [-0.4, -0.2) is 5.91 Å². The maximum absolute atomic E-state index is 12.4. The lowest BCUT2D eigenvalue weighted by molar-refractivity contribution is -0.00518. The molecule has 0 aliphatic heterocycles. The summed E-state index contributed by atoms with van der Waals surface area (Å²) < 4.78 is 0. The Balaban J connectivity index is 1.33. The Morgan fingerprint density at radius 3 is 1.92 bits per heavy atom. The van der Waals surface area contributed by atoms with Crippen molar-refractivity contribution in [2.45, 2.75) is 43.9 Å². The Morgan fingerprint density at radius 2 is 1.38 bits per heavy atom. The largest absolute Gasteiger partial charge is 0.322 e. The molecule has 1 N–H and O–H groups in total. The zero-order chi connectivity index (χ0) is 17.7. The average molecular weight is 366 g/mol. The third kappa shape index (κ3) is 2.85. The molecule has 2 aromatic rings. The summed E-state index contributed by atoms with van der Waals surface area (Å²) in [5, 5.41) is 3.64. The van der Waals surface area contributed by atoms with E-state index in [9.17, 15) is 4.79 Å². The van der Waals surface area contributed by atoms with Gasteiger partial charge in [-0.25, -0.2) is 0 Å². The minimum Gasteiger partial charge on any atom is -0.322 e. The number of carbonyl (C=O) groups is 1. The molecule has 1 amide bonds. The Hall–Kier alpha value is -1.80. The Labute approximate surface area is 160 Å². The minimum atomic E-state index is -0.0933. The van der Waals surface area contributed by atoms with Crippen molar-refractivity contribution in [3.63, 3.8) is 0 Å². The smallest absolute Gasteiger partial charge is 0.255 e. The van der Waals surface area contributed by atoms with E-state index < -0.39 is 0 Å². The highest BCUT2D eigenvalue weighted by Crippen LogP contribution is 2.60. The van der Waals surface area contributed by atoms with Gasteiger partial charge >= 0.3 is 0 Å². The van der Waals surface area contributed by atoms with Gasteiger partial charge in [-0.1, -0.05) is 23.7 Å². The fraction of sp³-hybridized carbons (Fsp3) is 0.435. The van der Waals surface area contributed by atoms with Crippen LogP contribution in [0.25, 0.3) is 0 Å². The molecule has 0 spiro atoms. The monoisotopic (exact) mass is 365 g/mol. The molecule has 0 atom stereocenters. The Morgan fingerprint density at radius 1 is 0.846 bits per heavy atom. The molecule has 4 fully saturated rings. The van der Waals surface area contributed by atoms with Crippen molar-refractivity contribution in [2.75, 3.05) is 5.32 Å². The van der Waals surface area contributed by atoms with Crippen LogP contribution in [0.15, 0.2) is 48.5 Å². The van der Waals surface area contributed by atoms with E-state index in [-0.39, 0.29) is 5.91 Å². The number of hydrogen-bond acceptors (Lipinski definition) is 1. The van der Waals surface area contributed by atoms with Crippen LogP contribution < -0.4 is 5.32 Å². The van der Waals surface area contributed by atoms with Gasteiger partial charge in [0.25, 0.3) is 5.91 Å². The first kappa shape index (κ1) is 16.4. The first-order chi connectivity index (χ1) is 12.6. The maximum atomic E-state index is 12.4. The molecule has 0 heterocycles. The van der Waals surface area contributed by atoms with E-state index in [0.29, 0.717) is 16.0 Å². The average Bonchev–Trinajstić information content (AvgIpc) is 2.61. The molecule has 2 nitrogen and oxygen atoms in total. The molecule has 4 bridgehead atoms. The van der Waals surface area contributed by atoms with Crippen LogP contribution in [0, 0.1) is 17.8 Å². The molecular formula is C23H24ClNO. The molecule has 4 aliphatic carbocycles. The van der Waals surface area contributed by atoms with E-state index in [1.165, 1.54) is 44.1 Å². The number of amides is 1. The van der Waals surface area contributed by atoms with Crippen molar-refractivity contribution in [1.82, 2.24) is 0 Å². The highest BCUT2D eigenvalue weighted by Gasteiger charge is 2.51. The normalized spacial score (nSPS) is 31.8. The molecular weight excluding hydrogens is 342 g/mol. The van der Waals surface area contributed by atoms with Gasteiger partial charge in [0.15, 0.2) is 0 Å². The van der Waals surface area contributed by atoms with Gasteiger partial charge in [-0.2, -0.15) is 0 Å². The second kappa shape index (κ2) is 6.13. The second-order valence-corrected chi connectivity index (χ2v) is 9.17. The van der Waals surface area contributed by atoms with Gasteiger partial charge in [-0.05, 0) is 104 Å². The maximum Gasteiger partial charge on any atom is 0.255 e. The molecule has 134 valence electrons. The topological polar surface area (TPSA) is 29.1 Å². The molecule has 4 saturated carbocycles. The summed E-state index contributed by atoms with van der Waals surface area (Å²) >= 11 is 5.89. The zero-order valence-electron chi connectivity index (χ0n) is 14.9. The molecule has 26 heavy (non-hydrogen) atoms. The lowest BCUT2D eigenvalue weighted by Crippen LogP contribution is -2.48. The minimum absolute atomic E-state index is 0.0933. The van der Waals surface area contributed by atoms with Gasteiger partial charge in [0.2, 0.25) is 0 Å². The highest BCUT2D eigenvalue weighted by atomic mass is 35.5. The standard InChI is InChI=1S/C23H24ClNO/c24-20-5-1-18(2-6-20)22(26)25-21-7-3-19(4-8-21)23-12-15-9-16(13-23)11-17(10-15)14-23/h1-8,15-17H,9-14H2,(H,25,26). The summed E-state index contributed by atoms with van der Waals surface area (Å²) in [4.78, 5) is 12.4. The molecule has 4 aliphatic rings. The van der Waals surface area contributed by atoms with Gasteiger partial charge < -0.3 is 5.32 Å². The van der Waals surface area contributed by atoms with Crippen molar-refractivity contribution in [3.05, 3.63) is 64.7 Å². The van der Waals surface area contributed by atoms with Gasteiger partial charge in [0.05, 0.1) is 0 Å². The van der Waals surface area contributed by atoms with E-state index in [0.717, 1.165) is 23.4 Å². The van der Waals surface area contributed by atoms with Crippen molar-refractivity contribution >= 4 is 23.2 Å². The summed E-state index contributed by atoms with van der Waals surface area (Å²) in [5.74, 6) is 2.76. The van der Waals surface area contributed by atoms with Crippen molar-refractivity contribution in [3.8, 4) is 0 Å². The molecule has 2 aromatic carbocycles. The van der Waals surface area contributed by atoms with Gasteiger partial charge in [-0.15, -0.1) is 0 Å². The molecule has 0 unspecified atom stereocenters. The molecule has 3 heteroatoms. The molecule has 0 aromatic heterocycles. The number of nitrogens with one attached hydrogen (secondary N) is 1. The first-order valence-electron chi connectivity index (χ1n) is 9.77. The second-order valence-electron chi connectivity index (χ2n) is 8.74. The van der Waals surface area contributed by atoms with Crippen molar-refractivity contribution in [1.29, 1.82) is 0 Å². The van der Waals surface area contributed by atoms with E-state index >= 15 is 0 Å².